The second-order valence-corrected chi connectivity index (χ2v) is 2.76. The molecule has 0 amide bonds. The van der Waals surface area contributed by atoms with E-state index in [-0.39, 0.29) is 5.63 Å². The Balaban J connectivity index is 0.000000221. The smallest absolute Gasteiger partial charge is 0.450 e. The average molecular weight is 222 g/mol. The maximum absolute atomic E-state index is 10.7. The van der Waals surface area contributed by atoms with Crippen molar-refractivity contribution in [1.82, 2.24) is 0 Å². The molecule has 0 radical (unpaired) electrons. The zero-order valence-electron chi connectivity index (χ0n) is 8.54. The van der Waals surface area contributed by atoms with Gasteiger partial charge in [0.2, 0.25) is 0 Å². The van der Waals surface area contributed by atoms with Crippen LogP contribution >= 0.6 is 0 Å². The standard InChI is InChI=1S/C9H6O2.C2H4O3/c10-9-6-5-7-3-1-2-4-8(7)11-9;1-5-2(3)4/h1-6H;1H3,(H,3,4). The molecule has 0 fully saturated rings. The highest BCUT2D eigenvalue weighted by molar-refractivity contribution is 5.75. The van der Waals surface area contributed by atoms with E-state index in [1.165, 1.54) is 6.07 Å². The van der Waals surface area contributed by atoms with E-state index >= 15 is 0 Å². The average Bonchev–Trinajstić information content (AvgIpc) is 2.29. The molecule has 5 heteroatoms. The molecule has 0 aliphatic rings. The van der Waals surface area contributed by atoms with Crippen molar-refractivity contribution in [2.24, 2.45) is 0 Å². The molecule has 16 heavy (non-hydrogen) atoms. The minimum absolute atomic E-state index is 0.302. The Morgan fingerprint density at radius 3 is 2.50 bits per heavy atom. The first-order valence-corrected chi connectivity index (χ1v) is 4.39. The maximum atomic E-state index is 10.7. The number of benzene rings is 1. The molecule has 2 rings (SSSR count). The molecule has 1 heterocycles. The predicted octanol–water partition coefficient (Wildman–Crippen LogP) is 2.10. The number of rotatable bonds is 0. The molecular weight excluding hydrogens is 212 g/mol. The van der Waals surface area contributed by atoms with E-state index in [1.807, 2.05) is 18.2 Å². The number of carbonyl (C=O) groups is 1. The Kier molecular flexibility index (Phi) is 4.08. The first kappa shape index (κ1) is 11.8. The summed E-state index contributed by atoms with van der Waals surface area (Å²) < 4.78 is 8.57. The van der Waals surface area contributed by atoms with Crippen molar-refractivity contribution in [1.29, 1.82) is 0 Å². The lowest BCUT2D eigenvalue weighted by molar-refractivity contribution is 0.114. The monoisotopic (exact) mass is 222 g/mol. The van der Waals surface area contributed by atoms with Gasteiger partial charge in [-0.1, -0.05) is 18.2 Å². The molecule has 0 aliphatic heterocycles. The minimum Gasteiger partial charge on any atom is -0.450 e. The van der Waals surface area contributed by atoms with Gasteiger partial charge in [0.05, 0.1) is 7.11 Å². The van der Waals surface area contributed by atoms with Gasteiger partial charge in [-0.2, -0.15) is 0 Å². The lowest BCUT2D eigenvalue weighted by atomic mass is 10.2. The van der Waals surface area contributed by atoms with E-state index in [9.17, 15) is 4.79 Å². The van der Waals surface area contributed by atoms with Crippen LogP contribution in [0.25, 0.3) is 11.0 Å². The van der Waals surface area contributed by atoms with Gasteiger partial charge >= 0.3 is 11.8 Å². The van der Waals surface area contributed by atoms with Gasteiger partial charge in [-0.05, 0) is 12.1 Å². The molecule has 0 aliphatic carbocycles. The van der Waals surface area contributed by atoms with Crippen LogP contribution in [0.3, 0.4) is 0 Å². The number of ether oxygens (including phenoxy) is 1. The van der Waals surface area contributed by atoms with Gasteiger partial charge in [-0.25, -0.2) is 9.59 Å². The van der Waals surface area contributed by atoms with Gasteiger partial charge in [0.25, 0.3) is 0 Å². The van der Waals surface area contributed by atoms with E-state index in [0.29, 0.717) is 5.58 Å². The van der Waals surface area contributed by atoms with Crippen molar-refractivity contribution in [3.63, 3.8) is 0 Å². The Morgan fingerprint density at radius 2 is 1.88 bits per heavy atom. The third kappa shape index (κ3) is 3.45. The summed E-state index contributed by atoms with van der Waals surface area (Å²) >= 11 is 0. The topological polar surface area (TPSA) is 76.7 Å². The predicted molar refractivity (Wildman–Crippen MR) is 57.5 cm³/mol. The quantitative estimate of drug-likeness (QED) is 0.545. The summed E-state index contributed by atoms with van der Waals surface area (Å²) in [4.78, 5) is 19.9. The molecule has 0 spiro atoms. The molecule has 0 unspecified atom stereocenters. The summed E-state index contributed by atoms with van der Waals surface area (Å²) in [6, 6.07) is 10.6. The van der Waals surface area contributed by atoms with Crippen molar-refractivity contribution in [3.8, 4) is 0 Å². The largest absolute Gasteiger partial charge is 0.505 e. The molecule has 1 N–H and O–H groups in total. The van der Waals surface area contributed by atoms with E-state index in [0.717, 1.165) is 12.5 Å². The summed E-state index contributed by atoms with van der Waals surface area (Å²) in [7, 11) is 1.10. The summed E-state index contributed by atoms with van der Waals surface area (Å²) in [5.41, 5.74) is 0.337. The zero-order chi connectivity index (χ0) is 12.0. The number of para-hydroxylation sites is 1. The molecular formula is C11H10O5. The van der Waals surface area contributed by atoms with Gasteiger partial charge in [0.1, 0.15) is 5.58 Å². The van der Waals surface area contributed by atoms with Crippen molar-refractivity contribution in [2.75, 3.05) is 7.11 Å². The first-order valence-electron chi connectivity index (χ1n) is 4.39. The molecule has 2 aromatic rings. The van der Waals surface area contributed by atoms with Crippen LogP contribution in [0.2, 0.25) is 0 Å². The van der Waals surface area contributed by atoms with Crippen molar-refractivity contribution >= 4 is 17.1 Å². The molecule has 0 saturated heterocycles. The fraction of sp³-hybridized carbons (Fsp3) is 0.0909. The Morgan fingerprint density at radius 1 is 1.25 bits per heavy atom. The Labute approximate surface area is 90.9 Å². The van der Waals surface area contributed by atoms with E-state index in [1.54, 1.807) is 12.1 Å². The van der Waals surface area contributed by atoms with Gasteiger partial charge in [-0.3, -0.25) is 0 Å². The number of carboxylic acid groups (broad SMARTS) is 1. The van der Waals surface area contributed by atoms with E-state index < -0.39 is 6.16 Å². The van der Waals surface area contributed by atoms with Crippen LogP contribution in [-0.2, 0) is 4.74 Å². The summed E-state index contributed by atoms with van der Waals surface area (Å²) in [6.45, 7) is 0. The second-order valence-electron chi connectivity index (χ2n) is 2.76. The van der Waals surface area contributed by atoms with Crippen LogP contribution in [-0.4, -0.2) is 18.4 Å². The zero-order valence-corrected chi connectivity index (χ0v) is 8.54. The van der Waals surface area contributed by atoms with Crippen LogP contribution in [0, 0.1) is 0 Å². The fourth-order valence-electron chi connectivity index (χ4n) is 1.01. The third-order valence-electron chi connectivity index (χ3n) is 1.70. The maximum Gasteiger partial charge on any atom is 0.505 e. The fourth-order valence-corrected chi connectivity index (χ4v) is 1.01. The van der Waals surface area contributed by atoms with E-state index in [4.69, 9.17) is 14.3 Å². The third-order valence-corrected chi connectivity index (χ3v) is 1.70. The lowest BCUT2D eigenvalue weighted by Gasteiger charge is -1.91. The summed E-state index contributed by atoms with van der Waals surface area (Å²) in [6.07, 6.45) is -1.25. The van der Waals surface area contributed by atoms with Crippen molar-refractivity contribution in [3.05, 3.63) is 46.8 Å². The molecule has 5 nitrogen and oxygen atoms in total. The van der Waals surface area contributed by atoms with E-state index in [2.05, 4.69) is 4.74 Å². The Hall–Kier alpha value is -2.30. The summed E-state index contributed by atoms with van der Waals surface area (Å²) in [5.74, 6) is 0. The van der Waals surface area contributed by atoms with Crippen LogP contribution < -0.4 is 5.63 Å². The lowest BCUT2D eigenvalue weighted by Crippen LogP contribution is -1.93. The number of hydrogen-bond acceptors (Lipinski definition) is 4. The van der Waals surface area contributed by atoms with Crippen LogP contribution in [0.4, 0.5) is 4.79 Å². The highest BCUT2D eigenvalue weighted by atomic mass is 16.6. The first-order chi connectivity index (χ1) is 7.63. The number of hydrogen-bond donors (Lipinski definition) is 1. The molecule has 0 bridgehead atoms. The van der Waals surface area contributed by atoms with Crippen molar-refractivity contribution < 1.29 is 19.1 Å². The van der Waals surface area contributed by atoms with Crippen LogP contribution in [0.1, 0.15) is 0 Å². The van der Waals surface area contributed by atoms with Crippen LogP contribution in [0.15, 0.2) is 45.6 Å². The highest BCUT2D eigenvalue weighted by Gasteiger charge is 1.92. The van der Waals surface area contributed by atoms with Gasteiger partial charge in [-0.15, -0.1) is 0 Å². The van der Waals surface area contributed by atoms with Crippen molar-refractivity contribution in [2.45, 2.75) is 0 Å². The van der Waals surface area contributed by atoms with Gasteiger partial charge in [0, 0.05) is 11.5 Å². The van der Waals surface area contributed by atoms with Gasteiger partial charge in [0.15, 0.2) is 0 Å². The normalized spacial score (nSPS) is 9.06. The van der Waals surface area contributed by atoms with Gasteiger partial charge < -0.3 is 14.3 Å². The molecule has 84 valence electrons. The second kappa shape index (κ2) is 5.55. The Bertz CT molecular complexity index is 529. The minimum atomic E-state index is -1.25. The van der Waals surface area contributed by atoms with Crippen LogP contribution in [0.5, 0.6) is 0 Å². The molecule has 1 aromatic carbocycles. The molecule has 0 atom stereocenters. The number of fused-ring (bicyclic) bond motifs is 1. The highest BCUT2D eigenvalue weighted by Crippen LogP contribution is 2.08. The SMILES string of the molecule is COC(=O)O.O=c1ccc2ccccc2o1. The number of methoxy groups -OCH3 is 1. The summed E-state index contributed by atoms with van der Waals surface area (Å²) in [5, 5.41) is 8.45. The molecule has 1 aromatic heterocycles. The molecule has 0 saturated carbocycles.